The first-order valence-corrected chi connectivity index (χ1v) is 6.87. The van der Waals surface area contributed by atoms with Crippen LogP contribution in [0, 0.1) is 23.3 Å². The average Bonchev–Trinajstić information content (AvgIpc) is 3.29. The number of esters is 1. The van der Waals surface area contributed by atoms with Gasteiger partial charge in [-0.25, -0.2) is 22.4 Å². The van der Waals surface area contributed by atoms with Crippen molar-refractivity contribution < 1.29 is 31.9 Å². The lowest BCUT2D eigenvalue weighted by Gasteiger charge is -2.09. The number of benzene rings is 1. The number of ketones is 1. The summed E-state index contributed by atoms with van der Waals surface area (Å²) in [5, 5.41) is 2.72. The van der Waals surface area contributed by atoms with E-state index in [1.165, 1.54) is 6.92 Å². The molecule has 1 aromatic carbocycles. The highest BCUT2D eigenvalue weighted by Crippen LogP contribution is 2.23. The summed E-state index contributed by atoms with van der Waals surface area (Å²) in [5.41, 5.74) is -2.04. The third kappa shape index (κ3) is 3.69. The van der Waals surface area contributed by atoms with Crippen molar-refractivity contribution in [1.82, 2.24) is 5.32 Å². The fourth-order valence-corrected chi connectivity index (χ4v) is 1.79. The Hall–Kier alpha value is -2.38. The molecule has 2 rings (SSSR count). The molecule has 1 saturated carbocycles. The van der Waals surface area contributed by atoms with Crippen LogP contribution in [0.5, 0.6) is 0 Å². The van der Waals surface area contributed by atoms with Crippen molar-refractivity contribution in [3.05, 3.63) is 46.7 Å². The standard InChI is InChI=1S/C15H13F4NO3/c1-2-23-15(22)8(6-20-7-3-4-7)14(21)11-9(16)5-10(17)12(18)13(11)19/h5-7,20H,2-4H2,1H3. The first-order valence-electron chi connectivity index (χ1n) is 6.87. The SMILES string of the molecule is CCOC(=O)C(=CNC1CC1)C(=O)c1c(F)cc(F)c(F)c1F. The van der Waals surface area contributed by atoms with Gasteiger partial charge >= 0.3 is 5.97 Å². The Morgan fingerprint density at radius 1 is 1.22 bits per heavy atom. The summed E-state index contributed by atoms with van der Waals surface area (Å²) in [6.45, 7) is 1.41. The molecule has 1 aliphatic carbocycles. The zero-order valence-electron chi connectivity index (χ0n) is 12.1. The van der Waals surface area contributed by atoms with Crippen LogP contribution >= 0.6 is 0 Å². The second kappa shape index (κ2) is 6.80. The first kappa shape index (κ1) is 17.0. The Bertz CT molecular complexity index is 684. The lowest BCUT2D eigenvalue weighted by Crippen LogP contribution is -2.22. The van der Waals surface area contributed by atoms with E-state index in [1.54, 1.807) is 0 Å². The van der Waals surface area contributed by atoms with Gasteiger partial charge in [0, 0.05) is 18.3 Å². The zero-order valence-corrected chi connectivity index (χ0v) is 12.1. The molecule has 0 radical (unpaired) electrons. The van der Waals surface area contributed by atoms with Gasteiger partial charge in [-0.2, -0.15) is 0 Å². The Labute approximate surface area is 129 Å². The predicted molar refractivity (Wildman–Crippen MR) is 71.5 cm³/mol. The van der Waals surface area contributed by atoms with Crippen molar-refractivity contribution in [2.45, 2.75) is 25.8 Å². The maximum absolute atomic E-state index is 13.7. The second-order valence-corrected chi connectivity index (χ2v) is 4.89. The van der Waals surface area contributed by atoms with Gasteiger partial charge in [-0.15, -0.1) is 0 Å². The van der Waals surface area contributed by atoms with E-state index in [0.29, 0.717) is 0 Å². The molecule has 1 aromatic rings. The van der Waals surface area contributed by atoms with Crippen molar-refractivity contribution in [2.24, 2.45) is 0 Å². The number of halogens is 4. The van der Waals surface area contributed by atoms with Crippen LogP contribution in [0.3, 0.4) is 0 Å². The van der Waals surface area contributed by atoms with Crippen molar-refractivity contribution in [3.63, 3.8) is 0 Å². The van der Waals surface area contributed by atoms with Crippen LogP contribution in [0.4, 0.5) is 17.6 Å². The van der Waals surface area contributed by atoms with E-state index in [0.717, 1.165) is 19.0 Å². The van der Waals surface area contributed by atoms with Crippen molar-refractivity contribution in [2.75, 3.05) is 6.61 Å². The molecule has 1 aliphatic rings. The van der Waals surface area contributed by atoms with Crippen molar-refractivity contribution >= 4 is 11.8 Å². The van der Waals surface area contributed by atoms with Crippen LogP contribution in [0.25, 0.3) is 0 Å². The molecule has 0 aromatic heterocycles. The first-order chi connectivity index (χ1) is 10.9. The minimum Gasteiger partial charge on any atom is -0.462 e. The van der Waals surface area contributed by atoms with Gasteiger partial charge in [-0.1, -0.05) is 0 Å². The van der Waals surface area contributed by atoms with Crippen LogP contribution in [-0.4, -0.2) is 24.4 Å². The molecule has 0 amide bonds. The molecule has 0 saturated heterocycles. The molecular formula is C15H13F4NO3. The quantitative estimate of drug-likeness (QED) is 0.127. The number of hydrogen-bond donors (Lipinski definition) is 1. The van der Waals surface area contributed by atoms with Gasteiger partial charge in [-0.3, -0.25) is 4.79 Å². The zero-order chi connectivity index (χ0) is 17.1. The number of nitrogens with one attached hydrogen (secondary N) is 1. The van der Waals surface area contributed by atoms with Gasteiger partial charge in [0.1, 0.15) is 11.4 Å². The molecule has 0 bridgehead atoms. The van der Waals surface area contributed by atoms with Crippen LogP contribution in [-0.2, 0) is 9.53 Å². The molecule has 0 unspecified atom stereocenters. The number of carbonyl (C=O) groups excluding carboxylic acids is 2. The largest absolute Gasteiger partial charge is 0.462 e. The molecule has 0 spiro atoms. The Balaban J connectivity index is 2.42. The molecule has 0 aliphatic heterocycles. The summed E-state index contributed by atoms with van der Waals surface area (Å²) in [6, 6.07) is 0.0924. The van der Waals surface area contributed by atoms with E-state index in [9.17, 15) is 27.2 Å². The summed E-state index contributed by atoms with van der Waals surface area (Å²) in [7, 11) is 0. The molecule has 4 nitrogen and oxygen atoms in total. The summed E-state index contributed by atoms with van der Waals surface area (Å²) in [5.74, 6) is -9.90. The molecule has 8 heteroatoms. The van der Waals surface area contributed by atoms with Gasteiger partial charge in [-0.05, 0) is 19.8 Å². The molecule has 1 N–H and O–H groups in total. The van der Waals surface area contributed by atoms with E-state index in [-0.39, 0.29) is 18.7 Å². The molecular weight excluding hydrogens is 318 g/mol. The van der Waals surface area contributed by atoms with E-state index in [2.05, 4.69) is 10.1 Å². The van der Waals surface area contributed by atoms with Gasteiger partial charge in [0.15, 0.2) is 17.5 Å². The summed E-state index contributed by atoms with van der Waals surface area (Å²) in [6.07, 6.45) is 2.61. The molecule has 124 valence electrons. The third-order valence-corrected chi connectivity index (χ3v) is 3.12. The normalized spacial score (nSPS) is 14.6. The Morgan fingerprint density at radius 2 is 1.87 bits per heavy atom. The highest BCUT2D eigenvalue weighted by atomic mass is 19.2. The van der Waals surface area contributed by atoms with Gasteiger partial charge in [0.2, 0.25) is 5.78 Å². The van der Waals surface area contributed by atoms with E-state index < -0.39 is 46.2 Å². The summed E-state index contributed by atoms with van der Waals surface area (Å²) < 4.78 is 58.3. The Kier molecular flexibility index (Phi) is 5.02. The fraction of sp³-hybridized carbons (Fsp3) is 0.333. The molecule has 23 heavy (non-hydrogen) atoms. The minimum atomic E-state index is -1.99. The van der Waals surface area contributed by atoms with Crippen LogP contribution in [0.1, 0.15) is 30.1 Å². The fourth-order valence-electron chi connectivity index (χ4n) is 1.79. The lowest BCUT2D eigenvalue weighted by molar-refractivity contribution is -0.138. The number of ether oxygens (including phenoxy) is 1. The lowest BCUT2D eigenvalue weighted by atomic mass is 10.0. The smallest absolute Gasteiger partial charge is 0.343 e. The van der Waals surface area contributed by atoms with E-state index in [4.69, 9.17) is 0 Å². The number of Topliss-reactive ketones (excluding diaryl/α,β-unsaturated/α-hetero) is 1. The second-order valence-electron chi connectivity index (χ2n) is 4.89. The van der Waals surface area contributed by atoms with Crippen molar-refractivity contribution in [3.8, 4) is 0 Å². The maximum atomic E-state index is 13.7. The van der Waals surface area contributed by atoms with Gasteiger partial charge in [0.05, 0.1) is 12.2 Å². The summed E-state index contributed by atoms with van der Waals surface area (Å²) >= 11 is 0. The minimum absolute atomic E-state index is 0.0444. The number of rotatable bonds is 6. The predicted octanol–water partition coefficient (Wildman–Crippen LogP) is 2.62. The van der Waals surface area contributed by atoms with Crippen molar-refractivity contribution in [1.29, 1.82) is 0 Å². The summed E-state index contributed by atoms with van der Waals surface area (Å²) in [4.78, 5) is 24.0. The number of carbonyl (C=O) groups is 2. The van der Waals surface area contributed by atoms with Crippen LogP contribution < -0.4 is 5.32 Å². The monoisotopic (exact) mass is 331 g/mol. The van der Waals surface area contributed by atoms with Gasteiger partial charge < -0.3 is 10.1 Å². The van der Waals surface area contributed by atoms with E-state index in [1.807, 2.05) is 0 Å². The maximum Gasteiger partial charge on any atom is 0.343 e. The Morgan fingerprint density at radius 3 is 2.43 bits per heavy atom. The van der Waals surface area contributed by atoms with E-state index >= 15 is 0 Å². The number of hydrogen-bond acceptors (Lipinski definition) is 4. The van der Waals surface area contributed by atoms with Crippen LogP contribution in [0.15, 0.2) is 17.8 Å². The topological polar surface area (TPSA) is 55.4 Å². The third-order valence-electron chi connectivity index (χ3n) is 3.12. The highest BCUT2D eigenvalue weighted by molar-refractivity contribution is 6.24. The van der Waals surface area contributed by atoms with Crippen LogP contribution in [0.2, 0.25) is 0 Å². The highest BCUT2D eigenvalue weighted by Gasteiger charge is 2.31. The molecule has 1 fully saturated rings. The molecule has 0 atom stereocenters. The van der Waals surface area contributed by atoms with Gasteiger partial charge in [0.25, 0.3) is 0 Å². The average molecular weight is 331 g/mol. The molecule has 0 heterocycles.